The average molecular weight is 224 g/mol. The molecule has 1 aliphatic heterocycles. The van der Waals surface area contributed by atoms with Gasteiger partial charge < -0.3 is 10.5 Å². The standard InChI is InChI=1S/C12H17FN2O/c1-16-11-2-3-12(13)9(6-11)7-15-5-4-10(14)8-15/h2-3,6,10H,4-5,7-8,14H2,1H3. The molecular weight excluding hydrogens is 207 g/mol. The maximum Gasteiger partial charge on any atom is 0.127 e. The molecule has 0 spiro atoms. The number of hydrogen-bond donors (Lipinski definition) is 1. The fourth-order valence-electron chi connectivity index (χ4n) is 2.05. The average Bonchev–Trinajstić information content (AvgIpc) is 2.67. The van der Waals surface area contributed by atoms with Crippen LogP contribution < -0.4 is 10.5 Å². The van der Waals surface area contributed by atoms with Crippen LogP contribution >= 0.6 is 0 Å². The second kappa shape index (κ2) is 4.80. The van der Waals surface area contributed by atoms with Gasteiger partial charge in [0.25, 0.3) is 0 Å². The number of benzene rings is 1. The minimum Gasteiger partial charge on any atom is -0.497 e. The summed E-state index contributed by atoms with van der Waals surface area (Å²) in [6, 6.07) is 5.06. The quantitative estimate of drug-likeness (QED) is 0.842. The van der Waals surface area contributed by atoms with Crippen LogP contribution in [-0.2, 0) is 6.54 Å². The van der Waals surface area contributed by atoms with E-state index in [1.54, 1.807) is 19.2 Å². The fourth-order valence-corrected chi connectivity index (χ4v) is 2.05. The summed E-state index contributed by atoms with van der Waals surface area (Å²) >= 11 is 0. The molecule has 0 amide bonds. The zero-order valence-corrected chi connectivity index (χ0v) is 9.45. The Hall–Kier alpha value is -1.13. The van der Waals surface area contributed by atoms with Crippen molar-refractivity contribution in [1.82, 2.24) is 4.90 Å². The van der Waals surface area contributed by atoms with E-state index in [1.165, 1.54) is 6.07 Å². The number of nitrogens with zero attached hydrogens (tertiary/aromatic N) is 1. The normalized spacial score (nSPS) is 21.3. The summed E-state index contributed by atoms with van der Waals surface area (Å²) in [5.41, 5.74) is 6.49. The van der Waals surface area contributed by atoms with Crippen molar-refractivity contribution in [2.45, 2.75) is 19.0 Å². The molecule has 1 unspecified atom stereocenters. The molecule has 0 aliphatic carbocycles. The summed E-state index contributed by atoms with van der Waals surface area (Å²) in [6.45, 7) is 2.39. The molecule has 1 aromatic carbocycles. The molecule has 1 atom stereocenters. The highest BCUT2D eigenvalue weighted by atomic mass is 19.1. The van der Waals surface area contributed by atoms with E-state index in [2.05, 4.69) is 4.90 Å². The Morgan fingerprint density at radius 3 is 3.00 bits per heavy atom. The Morgan fingerprint density at radius 1 is 1.56 bits per heavy atom. The number of ether oxygens (including phenoxy) is 1. The third kappa shape index (κ3) is 2.51. The van der Waals surface area contributed by atoms with Crippen LogP contribution in [0.3, 0.4) is 0 Å². The van der Waals surface area contributed by atoms with Crippen LogP contribution in [0.5, 0.6) is 5.75 Å². The van der Waals surface area contributed by atoms with E-state index in [0.717, 1.165) is 19.5 Å². The van der Waals surface area contributed by atoms with Crippen LogP contribution in [0.2, 0.25) is 0 Å². The van der Waals surface area contributed by atoms with E-state index in [4.69, 9.17) is 10.5 Å². The number of hydrogen-bond acceptors (Lipinski definition) is 3. The van der Waals surface area contributed by atoms with Gasteiger partial charge in [-0.1, -0.05) is 0 Å². The van der Waals surface area contributed by atoms with Crippen LogP contribution in [0.25, 0.3) is 0 Å². The highest BCUT2D eigenvalue weighted by Crippen LogP contribution is 2.19. The highest BCUT2D eigenvalue weighted by Gasteiger charge is 2.20. The summed E-state index contributed by atoms with van der Waals surface area (Å²) < 4.78 is 18.6. The number of halogens is 1. The van der Waals surface area contributed by atoms with Crippen LogP contribution in [0, 0.1) is 5.82 Å². The summed E-state index contributed by atoms with van der Waals surface area (Å²) in [7, 11) is 1.59. The minimum absolute atomic E-state index is 0.179. The Balaban J connectivity index is 2.08. The molecule has 3 nitrogen and oxygen atoms in total. The minimum atomic E-state index is -0.179. The molecule has 0 bridgehead atoms. The predicted octanol–water partition coefficient (Wildman–Crippen LogP) is 1.37. The first kappa shape index (κ1) is 11.4. The molecule has 0 radical (unpaired) electrons. The Kier molecular flexibility index (Phi) is 3.41. The monoisotopic (exact) mass is 224 g/mol. The molecule has 4 heteroatoms. The third-order valence-electron chi connectivity index (χ3n) is 2.96. The van der Waals surface area contributed by atoms with Crippen molar-refractivity contribution in [2.75, 3.05) is 20.2 Å². The van der Waals surface area contributed by atoms with Gasteiger partial charge in [0, 0.05) is 31.2 Å². The Bertz CT molecular complexity index is 370. The molecule has 16 heavy (non-hydrogen) atoms. The van der Waals surface area contributed by atoms with Gasteiger partial charge in [-0.2, -0.15) is 0 Å². The van der Waals surface area contributed by atoms with E-state index in [0.29, 0.717) is 17.9 Å². The zero-order valence-electron chi connectivity index (χ0n) is 9.45. The van der Waals surface area contributed by atoms with Crippen molar-refractivity contribution in [3.8, 4) is 5.75 Å². The van der Waals surface area contributed by atoms with Gasteiger partial charge in [0.05, 0.1) is 7.11 Å². The van der Waals surface area contributed by atoms with Crippen molar-refractivity contribution in [3.63, 3.8) is 0 Å². The topological polar surface area (TPSA) is 38.5 Å². The zero-order chi connectivity index (χ0) is 11.5. The smallest absolute Gasteiger partial charge is 0.127 e. The first-order chi connectivity index (χ1) is 7.69. The summed E-state index contributed by atoms with van der Waals surface area (Å²) in [5, 5.41) is 0. The van der Waals surface area contributed by atoms with Gasteiger partial charge in [-0.25, -0.2) is 4.39 Å². The van der Waals surface area contributed by atoms with Gasteiger partial charge in [-0.3, -0.25) is 4.90 Å². The summed E-state index contributed by atoms with van der Waals surface area (Å²) in [5.74, 6) is 0.515. The lowest BCUT2D eigenvalue weighted by molar-refractivity contribution is 0.320. The van der Waals surface area contributed by atoms with Crippen molar-refractivity contribution in [1.29, 1.82) is 0 Å². The molecular formula is C12H17FN2O. The molecule has 1 heterocycles. The van der Waals surface area contributed by atoms with Crippen LogP contribution in [0.4, 0.5) is 4.39 Å². The van der Waals surface area contributed by atoms with E-state index in [1.807, 2.05) is 0 Å². The van der Waals surface area contributed by atoms with Gasteiger partial charge in [0.2, 0.25) is 0 Å². The molecule has 2 rings (SSSR count). The van der Waals surface area contributed by atoms with Crippen molar-refractivity contribution < 1.29 is 9.13 Å². The summed E-state index contributed by atoms with van der Waals surface area (Å²) in [4.78, 5) is 2.17. The van der Waals surface area contributed by atoms with E-state index in [9.17, 15) is 4.39 Å². The molecule has 1 aliphatic rings. The first-order valence-electron chi connectivity index (χ1n) is 5.49. The largest absolute Gasteiger partial charge is 0.497 e. The Labute approximate surface area is 95.0 Å². The van der Waals surface area contributed by atoms with Crippen LogP contribution in [-0.4, -0.2) is 31.1 Å². The second-order valence-corrected chi connectivity index (χ2v) is 4.24. The molecule has 1 saturated heterocycles. The lowest BCUT2D eigenvalue weighted by Gasteiger charge is -2.16. The molecule has 1 fully saturated rings. The van der Waals surface area contributed by atoms with Crippen molar-refractivity contribution >= 4 is 0 Å². The van der Waals surface area contributed by atoms with Gasteiger partial charge >= 0.3 is 0 Å². The maximum atomic E-state index is 13.5. The van der Waals surface area contributed by atoms with Gasteiger partial charge in [0.1, 0.15) is 11.6 Å². The van der Waals surface area contributed by atoms with Crippen molar-refractivity contribution in [3.05, 3.63) is 29.6 Å². The number of methoxy groups -OCH3 is 1. The van der Waals surface area contributed by atoms with Crippen molar-refractivity contribution in [2.24, 2.45) is 5.73 Å². The number of rotatable bonds is 3. The molecule has 88 valence electrons. The summed E-state index contributed by atoms with van der Waals surface area (Å²) in [6.07, 6.45) is 0.992. The maximum absolute atomic E-state index is 13.5. The molecule has 0 saturated carbocycles. The first-order valence-corrected chi connectivity index (χ1v) is 5.49. The third-order valence-corrected chi connectivity index (χ3v) is 2.96. The van der Waals surface area contributed by atoms with Gasteiger partial charge in [-0.05, 0) is 24.6 Å². The molecule has 2 N–H and O–H groups in total. The lowest BCUT2D eigenvalue weighted by atomic mass is 10.2. The number of nitrogens with two attached hydrogens (primary N) is 1. The molecule has 1 aromatic rings. The Morgan fingerprint density at radius 2 is 2.38 bits per heavy atom. The van der Waals surface area contributed by atoms with Gasteiger partial charge in [-0.15, -0.1) is 0 Å². The molecule has 0 aromatic heterocycles. The lowest BCUT2D eigenvalue weighted by Crippen LogP contribution is -2.26. The van der Waals surface area contributed by atoms with Crippen LogP contribution in [0.15, 0.2) is 18.2 Å². The van der Waals surface area contributed by atoms with E-state index >= 15 is 0 Å². The van der Waals surface area contributed by atoms with E-state index in [-0.39, 0.29) is 11.9 Å². The van der Waals surface area contributed by atoms with E-state index < -0.39 is 0 Å². The highest BCUT2D eigenvalue weighted by molar-refractivity contribution is 5.29. The number of likely N-dealkylation sites (tertiary alicyclic amines) is 1. The fraction of sp³-hybridized carbons (Fsp3) is 0.500. The second-order valence-electron chi connectivity index (χ2n) is 4.24. The SMILES string of the molecule is COc1ccc(F)c(CN2CCC(N)C2)c1. The van der Waals surface area contributed by atoms with Crippen LogP contribution in [0.1, 0.15) is 12.0 Å². The van der Waals surface area contributed by atoms with Gasteiger partial charge in [0.15, 0.2) is 0 Å². The predicted molar refractivity (Wildman–Crippen MR) is 60.8 cm³/mol.